The molecule has 4 nitrogen and oxygen atoms in total. The molecule has 0 saturated carbocycles. The molecule has 132 valence electrons. The van der Waals surface area contributed by atoms with E-state index in [-0.39, 0.29) is 12.5 Å². The summed E-state index contributed by atoms with van der Waals surface area (Å²) < 4.78 is 5.69. The molecule has 0 saturated heterocycles. The van der Waals surface area contributed by atoms with Gasteiger partial charge in [0.05, 0.1) is 6.21 Å². The zero-order chi connectivity index (χ0) is 18.2. The van der Waals surface area contributed by atoms with E-state index in [0.717, 1.165) is 22.4 Å². The monoisotopic (exact) mass is 356 g/mol. The van der Waals surface area contributed by atoms with Crippen molar-refractivity contribution in [1.82, 2.24) is 5.43 Å². The third-order valence-electron chi connectivity index (χ3n) is 3.67. The summed E-state index contributed by atoms with van der Waals surface area (Å²) in [5, 5.41) is 3.97. The Labute approximate surface area is 153 Å². The van der Waals surface area contributed by atoms with Gasteiger partial charge in [-0.05, 0) is 54.0 Å². The second-order valence-electron chi connectivity index (χ2n) is 6.05. The number of hydrogen-bond acceptors (Lipinski definition) is 4. The molecule has 0 aliphatic heterocycles. The molecular formula is C20H24N2O2S. The van der Waals surface area contributed by atoms with Gasteiger partial charge >= 0.3 is 0 Å². The Morgan fingerprint density at radius 1 is 1.24 bits per heavy atom. The molecule has 0 radical (unpaired) electrons. The van der Waals surface area contributed by atoms with E-state index in [2.05, 4.69) is 30.4 Å². The van der Waals surface area contributed by atoms with E-state index in [1.165, 1.54) is 4.90 Å². The SMILES string of the molecule is CSc1ccc(/C=N\NC(=O)COc2cc(C)ccc2C(C)C)cc1. The number of aryl methyl sites for hydroxylation is 1. The van der Waals surface area contributed by atoms with Crippen molar-refractivity contribution in [3.05, 3.63) is 59.2 Å². The van der Waals surface area contributed by atoms with Crippen molar-refractivity contribution in [3.8, 4) is 5.75 Å². The quantitative estimate of drug-likeness (QED) is 0.455. The molecule has 2 aromatic rings. The van der Waals surface area contributed by atoms with Gasteiger partial charge in [0.25, 0.3) is 5.91 Å². The van der Waals surface area contributed by atoms with Crippen molar-refractivity contribution in [2.24, 2.45) is 5.10 Å². The second-order valence-corrected chi connectivity index (χ2v) is 6.93. The highest BCUT2D eigenvalue weighted by Gasteiger charge is 2.09. The molecule has 5 heteroatoms. The lowest BCUT2D eigenvalue weighted by Gasteiger charge is -2.14. The van der Waals surface area contributed by atoms with E-state index in [1.54, 1.807) is 18.0 Å². The number of hydrogen-bond donors (Lipinski definition) is 1. The zero-order valence-electron chi connectivity index (χ0n) is 15.1. The average molecular weight is 356 g/mol. The van der Waals surface area contributed by atoms with Crippen LogP contribution in [0.5, 0.6) is 5.75 Å². The highest BCUT2D eigenvalue weighted by atomic mass is 32.2. The molecule has 0 aliphatic rings. The molecule has 0 heterocycles. The Hall–Kier alpha value is -2.27. The molecule has 0 unspecified atom stereocenters. The molecule has 1 amide bonds. The van der Waals surface area contributed by atoms with Crippen molar-refractivity contribution in [1.29, 1.82) is 0 Å². The summed E-state index contributed by atoms with van der Waals surface area (Å²) in [4.78, 5) is 13.1. The van der Waals surface area contributed by atoms with E-state index in [4.69, 9.17) is 4.74 Å². The predicted molar refractivity (Wildman–Crippen MR) is 105 cm³/mol. The Balaban J connectivity index is 1.88. The molecular weight excluding hydrogens is 332 g/mol. The summed E-state index contributed by atoms with van der Waals surface area (Å²) in [6.07, 6.45) is 3.65. The molecule has 0 aromatic heterocycles. The third-order valence-corrected chi connectivity index (χ3v) is 4.41. The highest BCUT2D eigenvalue weighted by molar-refractivity contribution is 7.98. The number of benzene rings is 2. The fourth-order valence-corrected chi connectivity index (χ4v) is 2.70. The van der Waals surface area contributed by atoms with Crippen LogP contribution in [-0.2, 0) is 4.79 Å². The molecule has 0 atom stereocenters. The maximum Gasteiger partial charge on any atom is 0.277 e. The number of carbonyl (C=O) groups is 1. The van der Waals surface area contributed by atoms with Gasteiger partial charge in [-0.2, -0.15) is 5.10 Å². The van der Waals surface area contributed by atoms with Gasteiger partial charge in [-0.1, -0.05) is 38.1 Å². The lowest BCUT2D eigenvalue weighted by Crippen LogP contribution is -2.25. The van der Waals surface area contributed by atoms with Crippen molar-refractivity contribution in [2.75, 3.05) is 12.9 Å². The molecule has 1 N–H and O–H groups in total. The van der Waals surface area contributed by atoms with Gasteiger partial charge in [0.1, 0.15) is 5.75 Å². The highest BCUT2D eigenvalue weighted by Crippen LogP contribution is 2.27. The summed E-state index contributed by atoms with van der Waals surface area (Å²) in [6.45, 7) is 6.14. The summed E-state index contributed by atoms with van der Waals surface area (Å²) in [7, 11) is 0. The third kappa shape index (κ3) is 5.94. The number of amides is 1. The molecule has 0 bridgehead atoms. The summed E-state index contributed by atoms with van der Waals surface area (Å²) >= 11 is 1.68. The number of carbonyl (C=O) groups excluding carboxylic acids is 1. The molecule has 2 aromatic carbocycles. The standard InChI is InChI=1S/C20H24N2O2S/c1-14(2)18-10-5-15(3)11-19(18)24-13-20(23)22-21-12-16-6-8-17(25-4)9-7-16/h5-12,14H,13H2,1-4H3,(H,22,23)/b21-12-. The van der Waals surface area contributed by atoms with Crippen molar-refractivity contribution in [2.45, 2.75) is 31.6 Å². The van der Waals surface area contributed by atoms with Crippen LogP contribution in [0, 0.1) is 6.92 Å². The number of rotatable bonds is 7. The van der Waals surface area contributed by atoms with E-state index in [1.807, 2.05) is 49.6 Å². The predicted octanol–water partition coefficient (Wildman–Crippen LogP) is 4.37. The van der Waals surface area contributed by atoms with Crippen LogP contribution in [-0.4, -0.2) is 25.0 Å². The van der Waals surface area contributed by atoms with Crippen LogP contribution in [0.25, 0.3) is 0 Å². The average Bonchev–Trinajstić information content (AvgIpc) is 2.60. The topological polar surface area (TPSA) is 50.7 Å². The first-order valence-electron chi connectivity index (χ1n) is 8.19. The molecule has 2 rings (SSSR count). The minimum atomic E-state index is -0.284. The number of ether oxygens (including phenoxy) is 1. The van der Waals surface area contributed by atoms with Crippen LogP contribution in [0.2, 0.25) is 0 Å². The Kier molecular flexibility index (Phi) is 7.07. The number of nitrogens with zero attached hydrogens (tertiary/aromatic N) is 1. The maximum absolute atomic E-state index is 11.9. The summed E-state index contributed by atoms with van der Waals surface area (Å²) in [5.41, 5.74) is 5.62. The normalized spacial score (nSPS) is 11.1. The number of nitrogens with one attached hydrogen (secondary N) is 1. The largest absolute Gasteiger partial charge is 0.483 e. The Bertz CT molecular complexity index is 740. The Morgan fingerprint density at radius 3 is 2.60 bits per heavy atom. The van der Waals surface area contributed by atoms with E-state index in [9.17, 15) is 4.79 Å². The molecule has 0 spiro atoms. The van der Waals surface area contributed by atoms with Gasteiger partial charge in [0.2, 0.25) is 0 Å². The first-order chi connectivity index (χ1) is 12.0. The summed E-state index contributed by atoms with van der Waals surface area (Å²) in [6, 6.07) is 14.0. The van der Waals surface area contributed by atoms with E-state index < -0.39 is 0 Å². The number of hydrazone groups is 1. The zero-order valence-corrected chi connectivity index (χ0v) is 15.9. The lowest BCUT2D eigenvalue weighted by molar-refractivity contribution is -0.123. The van der Waals surface area contributed by atoms with Crippen molar-refractivity contribution >= 4 is 23.9 Å². The van der Waals surface area contributed by atoms with Crippen LogP contribution in [0.3, 0.4) is 0 Å². The van der Waals surface area contributed by atoms with Crippen LogP contribution in [0.4, 0.5) is 0 Å². The molecule has 0 fully saturated rings. The second kappa shape index (κ2) is 9.28. The minimum Gasteiger partial charge on any atom is -0.483 e. The minimum absolute atomic E-state index is 0.0636. The van der Waals surface area contributed by atoms with Crippen LogP contribution in [0.15, 0.2) is 52.5 Å². The van der Waals surface area contributed by atoms with Gasteiger partial charge < -0.3 is 4.74 Å². The van der Waals surface area contributed by atoms with E-state index in [0.29, 0.717) is 5.92 Å². The van der Waals surface area contributed by atoms with Gasteiger partial charge in [0, 0.05) is 4.90 Å². The first kappa shape index (κ1) is 19.1. The fraction of sp³-hybridized carbons (Fsp3) is 0.300. The van der Waals surface area contributed by atoms with Crippen molar-refractivity contribution < 1.29 is 9.53 Å². The fourth-order valence-electron chi connectivity index (χ4n) is 2.29. The van der Waals surface area contributed by atoms with Gasteiger partial charge in [-0.25, -0.2) is 5.43 Å². The van der Waals surface area contributed by atoms with Gasteiger partial charge in [0.15, 0.2) is 6.61 Å². The molecule has 0 aliphatic carbocycles. The Morgan fingerprint density at radius 2 is 1.96 bits per heavy atom. The smallest absolute Gasteiger partial charge is 0.277 e. The van der Waals surface area contributed by atoms with Crippen molar-refractivity contribution in [3.63, 3.8) is 0 Å². The van der Waals surface area contributed by atoms with Crippen LogP contribution < -0.4 is 10.2 Å². The molecule has 25 heavy (non-hydrogen) atoms. The van der Waals surface area contributed by atoms with Gasteiger partial charge in [-0.15, -0.1) is 11.8 Å². The lowest BCUT2D eigenvalue weighted by atomic mass is 10.0. The maximum atomic E-state index is 11.9. The first-order valence-corrected chi connectivity index (χ1v) is 9.41. The van der Waals surface area contributed by atoms with Crippen LogP contribution >= 0.6 is 11.8 Å². The van der Waals surface area contributed by atoms with E-state index >= 15 is 0 Å². The number of thioether (sulfide) groups is 1. The van der Waals surface area contributed by atoms with Crippen LogP contribution in [0.1, 0.15) is 36.5 Å². The summed E-state index contributed by atoms with van der Waals surface area (Å²) in [5.74, 6) is 0.802. The van der Waals surface area contributed by atoms with Gasteiger partial charge in [-0.3, -0.25) is 4.79 Å².